The largest absolute Gasteiger partial charge is 0.306 e. The van der Waals surface area contributed by atoms with Crippen molar-refractivity contribution in [3.8, 4) is 0 Å². The molecule has 1 atom stereocenters. The number of benzene rings is 1. The molecule has 0 radical (unpaired) electrons. The summed E-state index contributed by atoms with van der Waals surface area (Å²) in [5.41, 5.74) is 2.50. The third-order valence-corrected chi connectivity index (χ3v) is 6.30. The Kier molecular flexibility index (Phi) is 5.49. The molecular weight excluding hydrogens is 409 g/mol. The molecule has 19 heavy (non-hydrogen) atoms. The van der Waals surface area contributed by atoms with Gasteiger partial charge in [-0.25, -0.2) is 0 Å². The summed E-state index contributed by atoms with van der Waals surface area (Å²) < 4.78 is 2.90. The Morgan fingerprint density at radius 3 is 2.53 bits per heavy atom. The van der Waals surface area contributed by atoms with Crippen LogP contribution in [0.15, 0.2) is 33.2 Å². The number of nitrogens with one attached hydrogen (secondary N) is 1. The van der Waals surface area contributed by atoms with Crippen LogP contribution < -0.4 is 5.32 Å². The molecule has 0 aliphatic carbocycles. The lowest BCUT2D eigenvalue weighted by Gasteiger charge is -2.17. The molecule has 5 heteroatoms. The minimum absolute atomic E-state index is 0.186. The van der Waals surface area contributed by atoms with Crippen molar-refractivity contribution in [3.05, 3.63) is 53.6 Å². The van der Waals surface area contributed by atoms with E-state index in [1.54, 1.807) is 11.3 Å². The van der Waals surface area contributed by atoms with Gasteiger partial charge in [-0.3, -0.25) is 0 Å². The molecule has 2 rings (SSSR count). The van der Waals surface area contributed by atoms with Crippen molar-refractivity contribution in [2.45, 2.75) is 19.9 Å². The zero-order chi connectivity index (χ0) is 14.0. The van der Waals surface area contributed by atoms with Crippen LogP contribution in [0.25, 0.3) is 0 Å². The van der Waals surface area contributed by atoms with Crippen LogP contribution in [0, 0.1) is 6.92 Å². The fourth-order valence-corrected chi connectivity index (χ4v) is 4.03. The van der Waals surface area contributed by atoms with Crippen molar-refractivity contribution < 1.29 is 0 Å². The third kappa shape index (κ3) is 3.61. The fourth-order valence-electron chi connectivity index (χ4n) is 1.94. The Hall–Kier alpha value is 0.130. The van der Waals surface area contributed by atoms with Crippen molar-refractivity contribution in [1.82, 2.24) is 5.32 Å². The van der Waals surface area contributed by atoms with Gasteiger partial charge in [0.1, 0.15) is 4.34 Å². The lowest BCUT2D eigenvalue weighted by molar-refractivity contribution is 0.639. The van der Waals surface area contributed by atoms with Gasteiger partial charge in [-0.15, -0.1) is 11.3 Å². The summed E-state index contributed by atoms with van der Waals surface area (Å²) in [4.78, 5) is 1.22. The van der Waals surface area contributed by atoms with Crippen LogP contribution in [0.1, 0.15) is 29.0 Å². The quantitative estimate of drug-likeness (QED) is 0.642. The monoisotopic (exact) mass is 421 g/mol. The van der Waals surface area contributed by atoms with E-state index in [1.165, 1.54) is 16.0 Å². The molecule has 102 valence electrons. The maximum absolute atomic E-state index is 6.15. The van der Waals surface area contributed by atoms with E-state index < -0.39 is 0 Å². The van der Waals surface area contributed by atoms with Crippen LogP contribution in [0.2, 0.25) is 4.34 Å². The zero-order valence-electron chi connectivity index (χ0n) is 10.6. The summed E-state index contributed by atoms with van der Waals surface area (Å²) in [5.74, 6) is 0. The number of thiophene rings is 1. The van der Waals surface area contributed by atoms with Crippen molar-refractivity contribution in [2.24, 2.45) is 0 Å². The number of hydrogen-bond acceptors (Lipinski definition) is 2. The van der Waals surface area contributed by atoms with Crippen LogP contribution in [0.4, 0.5) is 0 Å². The van der Waals surface area contributed by atoms with Gasteiger partial charge >= 0.3 is 0 Å². The van der Waals surface area contributed by atoms with E-state index in [4.69, 9.17) is 11.6 Å². The maximum Gasteiger partial charge on any atom is 0.107 e. The minimum Gasteiger partial charge on any atom is -0.306 e. The molecule has 0 aliphatic rings. The Morgan fingerprint density at radius 2 is 2.00 bits per heavy atom. The minimum atomic E-state index is 0.186. The van der Waals surface area contributed by atoms with Gasteiger partial charge < -0.3 is 5.32 Å². The molecule has 0 amide bonds. The molecule has 1 aromatic heterocycles. The normalized spacial score (nSPS) is 12.7. The summed E-state index contributed by atoms with van der Waals surface area (Å²) in [6, 6.07) is 8.73. The summed E-state index contributed by atoms with van der Waals surface area (Å²) in [7, 11) is 0. The van der Waals surface area contributed by atoms with Crippen molar-refractivity contribution in [1.29, 1.82) is 0 Å². The average molecular weight is 424 g/mol. The second kappa shape index (κ2) is 6.72. The number of aryl methyl sites for hydroxylation is 1. The topological polar surface area (TPSA) is 12.0 Å². The van der Waals surface area contributed by atoms with Crippen molar-refractivity contribution >= 4 is 54.8 Å². The molecule has 0 bridgehead atoms. The first-order valence-corrected chi connectivity index (χ1v) is 8.75. The molecular formula is C14H14Br2ClNS. The van der Waals surface area contributed by atoms with E-state index in [1.807, 2.05) is 0 Å². The van der Waals surface area contributed by atoms with Crippen LogP contribution in [0.3, 0.4) is 0 Å². The molecule has 1 aromatic carbocycles. The van der Waals surface area contributed by atoms with E-state index in [2.05, 4.69) is 75.3 Å². The molecule has 1 nitrogen and oxygen atoms in total. The average Bonchev–Trinajstić information content (AvgIpc) is 2.70. The van der Waals surface area contributed by atoms with Crippen LogP contribution in [-0.4, -0.2) is 6.54 Å². The highest BCUT2D eigenvalue weighted by molar-refractivity contribution is 9.10. The highest BCUT2D eigenvalue weighted by Gasteiger charge is 2.17. The smallest absolute Gasteiger partial charge is 0.107 e. The van der Waals surface area contributed by atoms with Crippen LogP contribution in [-0.2, 0) is 0 Å². The van der Waals surface area contributed by atoms with Gasteiger partial charge in [-0.05, 0) is 52.7 Å². The first-order chi connectivity index (χ1) is 9.02. The number of halogens is 3. The van der Waals surface area contributed by atoms with E-state index >= 15 is 0 Å². The molecule has 0 aliphatic heterocycles. The first-order valence-electron chi connectivity index (χ1n) is 5.97. The van der Waals surface area contributed by atoms with Crippen molar-refractivity contribution in [3.63, 3.8) is 0 Å². The molecule has 0 saturated heterocycles. The Morgan fingerprint density at radius 1 is 1.26 bits per heavy atom. The third-order valence-electron chi connectivity index (χ3n) is 2.87. The molecule has 1 heterocycles. The summed E-state index contributed by atoms with van der Waals surface area (Å²) >= 11 is 14.8. The Balaban J connectivity index is 2.41. The molecule has 0 spiro atoms. The van der Waals surface area contributed by atoms with E-state index in [-0.39, 0.29) is 6.04 Å². The first kappa shape index (κ1) is 15.5. The second-order valence-corrected chi connectivity index (χ2v) is 7.66. The fraction of sp³-hybridized carbons (Fsp3) is 0.286. The van der Waals surface area contributed by atoms with Crippen LogP contribution >= 0.6 is 54.8 Å². The molecule has 2 aromatic rings. The van der Waals surface area contributed by atoms with Gasteiger partial charge in [0.2, 0.25) is 0 Å². The Labute approximate surface area is 139 Å². The van der Waals surface area contributed by atoms with Crippen LogP contribution in [0.5, 0.6) is 0 Å². The van der Waals surface area contributed by atoms with Gasteiger partial charge in [0, 0.05) is 13.8 Å². The predicted molar refractivity (Wildman–Crippen MR) is 91.4 cm³/mol. The molecule has 1 unspecified atom stereocenters. The van der Waals surface area contributed by atoms with Gasteiger partial charge in [0.05, 0.1) is 6.04 Å². The van der Waals surface area contributed by atoms with Gasteiger partial charge in [-0.1, -0.05) is 46.6 Å². The highest BCUT2D eigenvalue weighted by Crippen LogP contribution is 2.37. The lowest BCUT2D eigenvalue weighted by Crippen LogP contribution is -2.21. The Bertz CT molecular complexity index is 563. The van der Waals surface area contributed by atoms with Gasteiger partial charge in [0.25, 0.3) is 0 Å². The summed E-state index contributed by atoms with van der Waals surface area (Å²) in [6.45, 7) is 5.13. The maximum atomic E-state index is 6.15. The highest BCUT2D eigenvalue weighted by atomic mass is 79.9. The molecule has 0 saturated carbocycles. The number of rotatable bonds is 4. The standard InChI is InChI=1S/C14H14Br2ClNS/c1-3-18-13(12-7-11(16)14(17)19-12)9-4-5-10(15)8(2)6-9/h4-7,13,18H,3H2,1-2H3. The summed E-state index contributed by atoms with van der Waals surface area (Å²) in [6.07, 6.45) is 0. The van der Waals surface area contributed by atoms with Crippen molar-refractivity contribution in [2.75, 3.05) is 6.54 Å². The lowest BCUT2D eigenvalue weighted by atomic mass is 10.0. The second-order valence-electron chi connectivity index (χ2n) is 4.27. The predicted octanol–water partition coefficient (Wildman–Crippen LogP) is 5.93. The SMILES string of the molecule is CCNC(c1ccc(Br)c(C)c1)c1cc(Br)c(Cl)s1. The van der Waals surface area contributed by atoms with E-state index in [9.17, 15) is 0 Å². The number of hydrogen-bond donors (Lipinski definition) is 1. The van der Waals surface area contributed by atoms with Gasteiger partial charge in [-0.2, -0.15) is 0 Å². The zero-order valence-corrected chi connectivity index (χ0v) is 15.4. The van der Waals surface area contributed by atoms with E-state index in [0.717, 1.165) is 19.8 Å². The molecule has 0 fully saturated rings. The van der Waals surface area contributed by atoms with Gasteiger partial charge in [0.15, 0.2) is 0 Å². The van der Waals surface area contributed by atoms with E-state index in [0.29, 0.717) is 0 Å². The summed E-state index contributed by atoms with van der Waals surface area (Å²) in [5, 5.41) is 3.52. The molecule has 1 N–H and O–H groups in total.